The van der Waals surface area contributed by atoms with Crippen LogP contribution in [0.5, 0.6) is 0 Å². The van der Waals surface area contributed by atoms with E-state index in [-0.39, 0.29) is 11.6 Å². The Morgan fingerprint density at radius 3 is 2.72 bits per heavy atom. The molecule has 1 aromatic carbocycles. The number of rotatable bonds is 3. The minimum Gasteiger partial charge on any atom is -0.382 e. The first-order valence-corrected chi connectivity index (χ1v) is 5.91. The molecule has 0 aliphatic carbocycles. The van der Waals surface area contributed by atoms with Gasteiger partial charge in [0.1, 0.15) is 17.5 Å². The number of pyridine rings is 1. The van der Waals surface area contributed by atoms with Crippen molar-refractivity contribution in [3.05, 3.63) is 51.8 Å². The fourth-order valence-corrected chi connectivity index (χ4v) is 1.86. The van der Waals surface area contributed by atoms with Gasteiger partial charge >= 0.3 is 0 Å². The van der Waals surface area contributed by atoms with Crippen molar-refractivity contribution in [2.75, 3.05) is 11.1 Å². The van der Waals surface area contributed by atoms with Crippen LogP contribution in [0.4, 0.5) is 16.0 Å². The molecule has 3 N–H and O–H groups in total. The Kier molecular flexibility index (Phi) is 3.89. The maximum atomic E-state index is 13.0. The number of benzene rings is 1. The minimum atomic E-state index is -0.288. The fourth-order valence-electron chi connectivity index (χ4n) is 1.44. The normalized spacial score (nSPS) is 10.4. The number of hydrogen-bond acceptors (Lipinski definition) is 3. The van der Waals surface area contributed by atoms with Gasteiger partial charge in [0.2, 0.25) is 0 Å². The van der Waals surface area contributed by atoms with E-state index in [4.69, 9.17) is 28.9 Å². The maximum absolute atomic E-state index is 13.0. The molecule has 94 valence electrons. The van der Waals surface area contributed by atoms with Crippen LogP contribution in [0.25, 0.3) is 0 Å². The molecule has 0 bridgehead atoms. The van der Waals surface area contributed by atoms with E-state index in [2.05, 4.69) is 10.3 Å². The summed E-state index contributed by atoms with van der Waals surface area (Å²) in [6.07, 6.45) is 0. The van der Waals surface area contributed by atoms with Crippen molar-refractivity contribution in [2.24, 2.45) is 0 Å². The summed E-state index contributed by atoms with van der Waals surface area (Å²) in [5.74, 6) is 0.328. The number of nitrogens with zero attached hydrogens (tertiary/aromatic N) is 1. The number of nitrogen functional groups attached to an aromatic ring is 1. The molecule has 3 nitrogen and oxygen atoms in total. The van der Waals surface area contributed by atoms with Crippen molar-refractivity contribution in [3.63, 3.8) is 0 Å². The lowest BCUT2D eigenvalue weighted by atomic mass is 10.2. The molecule has 6 heteroatoms. The highest BCUT2D eigenvalue weighted by atomic mass is 35.5. The van der Waals surface area contributed by atoms with E-state index >= 15 is 0 Å². The Labute approximate surface area is 114 Å². The van der Waals surface area contributed by atoms with Crippen molar-refractivity contribution >= 4 is 34.8 Å². The third-order valence-corrected chi connectivity index (χ3v) is 2.90. The number of anilines is 2. The van der Waals surface area contributed by atoms with Crippen LogP contribution in [-0.4, -0.2) is 4.98 Å². The summed E-state index contributed by atoms with van der Waals surface area (Å²) >= 11 is 11.7. The quantitative estimate of drug-likeness (QED) is 0.904. The van der Waals surface area contributed by atoms with Crippen LogP contribution in [0.1, 0.15) is 5.56 Å². The van der Waals surface area contributed by atoms with E-state index in [1.54, 1.807) is 12.1 Å². The van der Waals surface area contributed by atoms with Gasteiger partial charge in [-0.25, -0.2) is 9.37 Å². The second kappa shape index (κ2) is 5.42. The molecule has 1 aromatic heterocycles. The lowest BCUT2D eigenvalue weighted by Gasteiger charge is -2.09. The van der Waals surface area contributed by atoms with E-state index in [0.29, 0.717) is 22.4 Å². The molecule has 2 aromatic rings. The molecule has 2 rings (SSSR count). The highest BCUT2D eigenvalue weighted by Gasteiger charge is 2.06. The molecule has 1 heterocycles. The van der Waals surface area contributed by atoms with Crippen LogP contribution in [0, 0.1) is 5.82 Å². The predicted molar refractivity (Wildman–Crippen MR) is 72.4 cm³/mol. The van der Waals surface area contributed by atoms with Gasteiger partial charge in [-0.3, -0.25) is 0 Å². The van der Waals surface area contributed by atoms with Gasteiger partial charge in [-0.1, -0.05) is 35.3 Å². The number of nitrogens with one attached hydrogen (secondary N) is 1. The summed E-state index contributed by atoms with van der Waals surface area (Å²) in [6.45, 7) is 0.394. The first-order chi connectivity index (χ1) is 8.56. The van der Waals surface area contributed by atoms with E-state index in [1.807, 2.05) is 0 Å². The van der Waals surface area contributed by atoms with Crippen molar-refractivity contribution in [2.45, 2.75) is 6.54 Å². The van der Waals surface area contributed by atoms with Gasteiger partial charge in [0.05, 0.1) is 10.0 Å². The first-order valence-electron chi connectivity index (χ1n) is 5.16. The second-order valence-electron chi connectivity index (χ2n) is 3.67. The standard InChI is InChI=1S/C12H10Cl2FN3/c13-9-5-10(14)12(18-11(9)16)17-6-7-2-1-3-8(15)4-7/h1-5H,6H2,(H3,16,17,18). The topological polar surface area (TPSA) is 50.9 Å². The van der Waals surface area contributed by atoms with Gasteiger partial charge in [0.25, 0.3) is 0 Å². The lowest BCUT2D eigenvalue weighted by Crippen LogP contribution is -2.04. The third kappa shape index (κ3) is 3.03. The van der Waals surface area contributed by atoms with E-state index in [1.165, 1.54) is 18.2 Å². The summed E-state index contributed by atoms with van der Waals surface area (Å²) in [5, 5.41) is 3.64. The zero-order valence-electron chi connectivity index (χ0n) is 9.25. The molecule has 0 aliphatic rings. The highest BCUT2D eigenvalue weighted by molar-refractivity contribution is 6.37. The van der Waals surface area contributed by atoms with Crippen molar-refractivity contribution in [1.29, 1.82) is 0 Å². The number of halogens is 3. The van der Waals surface area contributed by atoms with Gasteiger partial charge in [-0.2, -0.15) is 0 Å². The predicted octanol–water partition coefficient (Wildman–Crippen LogP) is 3.72. The molecular formula is C12H10Cl2FN3. The molecule has 0 saturated carbocycles. The van der Waals surface area contributed by atoms with Crippen LogP contribution in [0.3, 0.4) is 0 Å². The van der Waals surface area contributed by atoms with Gasteiger partial charge in [-0.05, 0) is 23.8 Å². The molecule has 0 aliphatic heterocycles. The smallest absolute Gasteiger partial charge is 0.147 e. The van der Waals surface area contributed by atoms with Gasteiger partial charge < -0.3 is 11.1 Å². The van der Waals surface area contributed by atoms with Crippen LogP contribution < -0.4 is 11.1 Å². The Hall–Kier alpha value is -1.52. The van der Waals surface area contributed by atoms with Crippen LogP contribution >= 0.6 is 23.2 Å². The zero-order valence-corrected chi connectivity index (χ0v) is 10.8. The highest BCUT2D eigenvalue weighted by Crippen LogP contribution is 2.27. The van der Waals surface area contributed by atoms with Crippen molar-refractivity contribution in [1.82, 2.24) is 4.98 Å². The lowest BCUT2D eigenvalue weighted by molar-refractivity contribution is 0.626. The average molecular weight is 286 g/mol. The van der Waals surface area contributed by atoms with Crippen LogP contribution in [0.2, 0.25) is 10.0 Å². The summed E-state index contributed by atoms with van der Waals surface area (Å²) < 4.78 is 13.0. The molecule has 0 saturated heterocycles. The van der Waals surface area contributed by atoms with Crippen LogP contribution in [0.15, 0.2) is 30.3 Å². The fraction of sp³-hybridized carbons (Fsp3) is 0.0833. The van der Waals surface area contributed by atoms with Gasteiger partial charge in [0.15, 0.2) is 0 Å². The average Bonchev–Trinajstić information content (AvgIpc) is 2.32. The number of hydrogen-bond donors (Lipinski definition) is 2. The van der Waals surface area contributed by atoms with E-state index < -0.39 is 0 Å². The monoisotopic (exact) mass is 285 g/mol. The largest absolute Gasteiger partial charge is 0.382 e. The second-order valence-corrected chi connectivity index (χ2v) is 4.48. The maximum Gasteiger partial charge on any atom is 0.147 e. The van der Waals surface area contributed by atoms with E-state index in [9.17, 15) is 4.39 Å². The molecule has 18 heavy (non-hydrogen) atoms. The van der Waals surface area contributed by atoms with Gasteiger partial charge in [-0.15, -0.1) is 0 Å². The van der Waals surface area contributed by atoms with E-state index in [0.717, 1.165) is 5.56 Å². The van der Waals surface area contributed by atoms with Crippen molar-refractivity contribution in [3.8, 4) is 0 Å². The molecule has 0 radical (unpaired) electrons. The molecule has 0 amide bonds. The number of nitrogens with two attached hydrogens (primary N) is 1. The minimum absolute atomic E-state index is 0.197. The van der Waals surface area contributed by atoms with Gasteiger partial charge in [0, 0.05) is 6.54 Å². The third-order valence-electron chi connectivity index (χ3n) is 2.31. The SMILES string of the molecule is Nc1nc(NCc2cccc(F)c2)c(Cl)cc1Cl. The summed E-state index contributed by atoms with van der Waals surface area (Å²) in [7, 11) is 0. The first kappa shape index (κ1) is 12.9. The van der Waals surface area contributed by atoms with Crippen molar-refractivity contribution < 1.29 is 4.39 Å². The molecule has 0 spiro atoms. The zero-order chi connectivity index (χ0) is 13.1. The molecule has 0 unspecified atom stereocenters. The van der Waals surface area contributed by atoms with Crippen LogP contribution in [-0.2, 0) is 6.54 Å². The summed E-state index contributed by atoms with van der Waals surface area (Å²) in [4.78, 5) is 4.02. The summed E-state index contributed by atoms with van der Waals surface area (Å²) in [6, 6.07) is 7.76. The molecule has 0 atom stereocenters. The molecule has 0 fully saturated rings. The number of aromatic nitrogens is 1. The Bertz CT molecular complexity index is 575. The Morgan fingerprint density at radius 2 is 2.00 bits per heavy atom. The molecular weight excluding hydrogens is 276 g/mol. The summed E-state index contributed by atoms with van der Waals surface area (Å²) in [5.41, 5.74) is 6.36. The Balaban J connectivity index is 2.13. The Morgan fingerprint density at radius 1 is 1.22 bits per heavy atom.